The summed E-state index contributed by atoms with van der Waals surface area (Å²) in [6, 6.07) is 0. The number of nitrogens with one attached hydrogen (secondary N) is 2. The fourth-order valence-corrected chi connectivity index (χ4v) is 2.03. The zero-order valence-electron chi connectivity index (χ0n) is 8.02. The summed E-state index contributed by atoms with van der Waals surface area (Å²) >= 11 is 9.04. The molecule has 1 fully saturated rings. The van der Waals surface area contributed by atoms with Crippen molar-refractivity contribution in [3.63, 3.8) is 0 Å². The van der Waals surface area contributed by atoms with E-state index >= 15 is 0 Å². The molecule has 0 atom stereocenters. The lowest BCUT2D eigenvalue weighted by Crippen LogP contribution is -2.20. The molecule has 0 spiro atoms. The maximum absolute atomic E-state index is 11.2. The Kier molecular flexibility index (Phi) is 3.02. The van der Waals surface area contributed by atoms with Gasteiger partial charge in [0.15, 0.2) is 0 Å². The van der Waals surface area contributed by atoms with Crippen molar-refractivity contribution in [1.82, 2.24) is 9.97 Å². The van der Waals surface area contributed by atoms with Crippen LogP contribution >= 0.6 is 27.5 Å². The van der Waals surface area contributed by atoms with E-state index in [4.69, 9.17) is 11.6 Å². The topological polar surface area (TPSA) is 57.8 Å². The Morgan fingerprint density at radius 2 is 2.40 bits per heavy atom. The molecule has 0 aromatic carbocycles. The van der Waals surface area contributed by atoms with E-state index in [9.17, 15) is 4.79 Å². The highest BCUT2D eigenvalue weighted by Crippen LogP contribution is 2.46. The molecule has 0 radical (unpaired) electrons. The van der Waals surface area contributed by atoms with E-state index in [1.54, 1.807) is 0 Å². The molecule has 1 aliphatic rings. The zero-order chi connectivity index (χ0) is 10.9. The van der Waals surface area contributed by atoms with Gasteiger partial charge in [-0.3, -0.25) is 4.79 Å². The van der Waals surface area contributed by atoms with Crippen LogP contribution in [0.4, 0.5) is 5.82 Å². The molecule has 1 heterocycles. The van der Waals surface area contributed by atoms with Crippen molar-refractivity contribution in [2.75, 3.05) is 17.7 Å². The molecule has 6 heteroatoms. The number of alkyl halides is 1. The highest BCUT2D eigenvalue weighted by atomic mass is 79.9. The van der Waals surface area contributed by atoms with Gasteiger partial charge in [-0.2, -0.15) is 0 Å². The summed E-state index contributed by atoms with van der Waals surface area (Å²) in [5.74, 6) is 1.23. The average molecular weight is 293 g/mol. The number of halogens is 2. The molecule has 15 heavy (non-hydrogen) atoms. The molecular weight excluding hydrogens is 281 g/mol. The molecule has 0 bridgehead atoms. The first-order valence-electron chi connectivity index (χ1n) is 4.70. The lowest BCUT2D eigenvalue weighted by atomic mass is 10.1. The Bertz CT molecular complexity index is 416. The number of anilines is 1. The van der Waals surface area contributed by atoms with Gasteiger partial charge in [0.2, 0.25) is 0 Å². The van der Waals surface area contributed by atoms with Crippen LogP contribution in [0.3, 0.4) is 0 Å². The Morgan fingerprint density at radius 1 is 1.67 bits per heavy atom. The average Bonchev–Trinajstić information content (AvgIpc) is 3.01. The molecule has 0 unspecified atom stereocenters. The van der Waals surface area contributed by atoms with Crippen molar-refractivity contribution in [1.29, 1.82) is 0 Å². The van der Waals surface area contributed by atoms with Gasteiger partial charge in [0.05, 0.1) is 6.33 Å². The third kappa shape index (κ3) is 2.34. The lowest BCUT2D eigenvalue weighted by Gasteiger charge is -2.13. The SMILES string of the molecule is O=c1[nH]cnc(NCC2(CCl)CC2)c1Br. The third-order valence-electron chi connectivity index (χ3n) is 2.67. The molecule has 82 valence electrons. The number of nitrogens with zero attached hydrogens (tertiary/aromatic N) is 1. The standard InChI is InChI=1S/C9H11BrClN3O/c10-6-7(13-5-14-8(6)15)12-4-9(3-11)1-2-9/h5H,1-4H2,(H2,12,13,14,15). The van der Waals surface area contributed by atoms with Crippen LogP contribution in [0.5, 0.6) is 0 Å². The quantitative estimate of drug-likeness (QED) is 0.834. The van der Waals surface area contributed by atoms with E-state index in [0.29, 0.717) is 16.2 Å². The summed E-state index contributed by atoms with van der Waals surface area (Å²) in [5, 5.41) is 3.15. The number of hydrogen-bond acceptors (Lipinski definition) is 3. The number of rotatable bonds is 4. The number of H-pyrrole nitrogens is 1. The minimum Gasteiger partial charge on any atom is -0.368 e. The van der Waals surface area contributed by atoms with Crippen LogP contribution < -0.4 is 10.9 Å². The maximum atomic E-state index is 11.2. The van der Waals surface area contributed by atoms with Crippen LogP contribution in [-0.4, -0.2) is 22.4 Å². The Labute approximate surface area is 101 Å². The predicted molar refractivity (Wildman–Crippen MR) is 63.4 cm³/mol. The number of hydrogen-bond donors (Lipinski definition) is 2. The van der Waals surface area contributed by atoms with Crippen LogP contribution in [0, 0.1) is 5.41 Å². The summed E-state index contributed by atoms with van der Waals surface area (Å²) in [6.07, 6.45) is 3.67. The van der Waals surface area contributed by atoms with Crippen LogP contribution in [0.15, 0.2) is 15.6 Å². The molecule has 2 rings (SSSR count). The van der Waals surface area contributed by atoms with E-state index in [0.717, 1.165) is 19.4 Å². The first kappa shape index (κ1) is 11.0. The molecule has 1 saturated carbocycles. The summed E-state index contributed by atoms with van der Waals surface area (Å²) in [6.45, 7) is 0.769. The predicted octanol–water partition coefficient (Wildman–Crippen LogP) is 1.96. The van der Waals surface area contributed by atoms with E-state index in [-0.39, 0.29) is 11.0 Å². The molecule has 1 aromatic rings. The molecule has 1 aliphatic carbocycles. The van der Waals surface area contributed by atoms with Crippen molar-refractivity contribution in [2.24, 2.45) is 5.41 Å². The lowest BCUT2D eigenvalue weighted by molar-refractivity contribution is 0.617. The Morgan fingerprint density at radius 3 is 3.00 bits per heavy atom. The minimum absolute atomic E-state index is 0.178. The van der Waals surface area contributed by atoms with Gasteiger partial charge in [-0.25, -0.2) is 4.98 Å². The molecule has 0 amide bonds. The smallest absolute Gasteiger partial charge is 0.267 e. The fourth-order valence-electron chi connectivity index (χ4n) is 1.31. The second-order valence-electron chi connectivity index (χ2n) is 3.88. The highest BCUT2D eigenvalue weighted by Gasteiger charge is 2.41. The van der Waals surface area contributed by atoms with Gasteiger partial charge in [-0.05, 0) is 28.8 Å². The van der Waals surface area contributed by atoms with Gasteiger partial charge in [0.25, 0.3) is 5.56 Å². The van der Waals surface area contributed by atoms with Crippen LogP contribution in [0.1, 0.15) is 12.8 Å². The molecule has 0 saturated heterocycles. The van der Waals surface area contributed by atoms with Crippen molar-refractivity contribution in [2.45, 2.75) is 12.8 Å². The van der Waals surface area contributed by atoms with Gasteiger partial charge >= 0.3 is 0 Å². The van der Waals surface area contributed by atoms with Gasteiger partial charge in [0.1, 0.15) is 10.3 Å². The fraction of sp³-hybridized carbons (Fsp3) is 0.556. The highest BCUT2D eigenvalue weighted by molar-refractivity contribution is 9.10. The van der Waals surface area contributed by atoms with Crippen molar-refractivity contribution < 1.29 is 0 Å². The largest absolute Gasteiger partial charge is 0.368 e. The zero-order valence-corrected chi connectivity index (χ0v) is 10.4. The maximum Gasteiger partial charge on any atom is 0.267 e. The number of aromatic amines is 1. The summed E-state index contributed by atoms with van der Waals surface area (Å²) in [4.78, 5) is 17.8. The summed E-state index contributed by atoms with van der Waals surface area (Å²) in [5.41, 5.74) is 0.0360. The Hall–Kier alpha value is -0.550. The first-order valence-corrected chi connectivity index (χ1v) is 6.03. The van der Waals surface area contributed by atoms with Crippen molar-refractivity contribution in [3.05, 3.63) is 21.2 Å². The molecule has 0 aliphatic heterocycles. The van der Waals surface area contributed by atoms with Crippen LogP contribution in [0.2, 0.25) is 0 Å². The second-order valence-corrected chi connectivity index (χ2v) is 4.94. The number of aromatic nitrogens is 2. The second kappa shape index (κ2) is 4.14. The van der Waals surface area contributed by atoms with E-state index in [1.165, 1.54) is 6.33 Å². The monoisotopic (exact) mass is 291 g/mol. The van der Waals surface area contributed by atoms with Gasteiger partial charge in [0, 0.05) is 17.8 Å². The van der Waals surface area contributed by atoms with Gasteiger partial charge in [-0.15, -0.1) is 11.6 Å². The normalized spacial score (nSPS) is 17.5. The van der Waals surface area contributed by atoms with Gasteiger partial charge < -0.3 is 10.3 Å². The summed E-state index contributed by atoms with van der Waals surface area (Å²) in [7, 11) is 0. The molecular formula is C9H11BrClN3O. The van der Waals surface area contributed by atoms with Crippen molar-refractivity contribution >= 4 is 33.3 Å². The van der Waals surface area contributed by atoms with Gasteiger partial charge in [-0.1, -0.05) is 0 Å². The van der Waals surface area contributed by atoms with Crippen molar-refractivity contribution in [3.8, 4) is 0 Å². The molecule has 1 aromatic heterocycles. The summed E-state index contributed by atoms with van der Waals surface area (Å²) < 4.78 is 0.440. The third-order valence-corrected chi connectivity index (χ3v) is 3.97. The first-order chi connectivity index (χ1) is 7.17. The van der Waals surface area contributed by atoms with E-state index in [1.807, 2.05) is 0 Å². The van der Waals surface area contributed by atoms with E-state index < -0.39 is 0 Å². The van der Waals surface area contributed by atoms with Crippen LogP contribution in [-0.2, 0) is 0 Å². The Balaban J connectivity index is 2.05. The minimum atomic E-state index is -0.178. The molecule has 4 nitrogen and oxygen atoms in total. The molecule has 2 N–H and O–H groups in total. The van der Waals surface area contributed by atoms with Crippen LogP contribution in [0.25, 0.3) is 0 Å². The van der Waals surface area contributed by atoms with E-state index in [2.05, 4.69) is 31.2 Å².